The minimum absolute atomic E-state index is 0. The number of pyridine rings is 1. The molecule has 10 nitrogen and oxygen atoms in total. The van der Waals surface area contributed by atoms with E-state index in [4.69, 9.17) is 4.74 Å². The summed E-state index contributed by atoms with van der Waals surface area (Å²) in [4.78, 5) is 21.7. The number of rotatable bonds is 8. The van der Waals surface area contributed by atoms with Crippen LogP contribution in [0.1, 0.15) is 19.3 Å². The van der Waals surface area contributed by atoms with Crippen molar-refractivity contribution in [3.8, 4) is 17.0 Å². The molecular weight excluding hydrogens is 519 g/mol. The summed E-state index contributed by atoms with van der Waals surface area (Å²) in [7, 11) is 0. The number of fused-ring (bicyclic) bond motifs is 1. The molecule has 0 bridgehead atoms. The Morgan fingerprint density at radius 1 is 1.16 bits per heavy atom. The van der Waals surface area contributed by atoms with Crippen LogP contribution in [0, 0.1) is 0 Å². The summed E-state index contributed by atoms with van der Waals surface area (Å²) in [6, 6.07) is 10.3. The maximum atomic E-state index is 12.9. The van der Waals surface area contributed by atoms with Crippen molar-refractivity contribution in [1.29, 1.82) is 0 Å². The minimum atomic E-state index is -1.00. The minimum Gasteiger partial charge on any atom is -0.473 e. The second-order valence-corrected chi connectivity index (χ2v) is 9.15. The summed E-state index contributed by atoms with van der Waals surface area (Å²) >= 11 is 0. The fourth-order valence-electron chi connectivity index (χ4n) is 4.89. The SMILES string of the molecule is Cl.Cl.O=C(C[C@@H]1CCCN1)N1CCN(c2c(-c3ccccc3)cnc3[nH]nc(OC[C@H](O)CO)c23)CC1. The molecule has 2 atom stereocenters. The number of benzene rings is 1. The van der Waals surface area contributed by atoms with Crippen molar-refractivity contribution in [3.63, 3.8) is 0 Å². The summed E-state index contributed by atoms with van der Waals surface area (Å²) < 4.78 is 5.78. The number of aliphatic hydroxyl groups is 2. The van der Waals surface area contributed by atoms with Crippen molar-refractivity contribution in [2.24, 2.45) is 0 Å². The van der Waals surface area contributed by atoms with E-state index in [0.29, 0.717) is 50.2 Å². The molecule has 202 valence electrons. The highest BCUT2D eigenvalue weighted by Crippen LogP contribution is 2.40. The van der Waals surface area contributed by atoms with Gasteiger partial charge in [0, 0.05) is 50.4 Å². The monoisotopic (exact) mass is 552 g/mol. The van der Waals surface area contributed by atoms with E-state index in [1.165, 1.54) is 0 Å². The molecule has 2 saturated heterocycles. The summed E-state index contributed by atoms with van der Waals surface area (Å²) in [5, 5.41) is 30.3. The van der Waals surface area contributed by atoms with Crippen molar-refractivity contribution in [1.82, 2.24) is 25.4 Å². The number of aromatic amines is 1. The number of halogens is 2. The number of nitrogens with one attached hydrogen (secondary N) is 2. The number of ether oxygens (including phenoxy) is 1. The number of carbonyl (C=O) groups is 1. The van der Waals surface area contributed by atoms with Crippen LogP contribution >= 0.6 is 24.8 Å². The van der Waals surface area contributed by atoms with Crippen molar-refractivity contribution in [3.05, 3.63) is 36.5 Å². The Labute approximate surface area is 228 Å². The molecule has 0 aliphatic carbocycles. The Morgan fingerprint density at radius 3 is 2.59 bits per heavy atom. The summed E-state index contributed by atoms with van der Waals surface area (Å²) in [6.45, 7) is 3.15. The lowest BCUT2D eigenvalue weighted by atomic mass is 10.0. The predicted octanol–water partition coefficient (Wildman–Crippen LogP) is 1.99. The molecule has 2 fully saturated rings. The number of aromatic nitrogens is 3. The predicted molar refractivity (Wildman–Crippen MR) is 147 cm³/mol. The van der Waals surface area contributed by atoms with Gasteiger partial charge in [0.1, 0.15) is 18.1 Å². The Morgan fingerprint density at radius 2 is 1.92 bits per heavy atom. The first-order chi connectivity index (χ1) is 17.1. The molecule has 2 aliphatic heterocycles. The Balaban J connectivity index is 0.00000190. The molecule has 12 heteroatoms. The number of piperazine rings is 1. The van der Waals surface area contributed by atoms with Crippen LogP contribution in [0.5, 0.6) is 5.88 Å². The first-order valence-electron chi connectivity index (χ1n) is 12.2. The molecule has 0 unspecified atom stereocenters. The largest absolute Gasteiger partial charge is 0.473 e. The summed E-state index contributed by atoms with van der Waals surface area (Å²) in [5.41, 5.74) is 3.49. The highest BCUT2D eigenvalue weighted by atomic mass is 35.5. The molecule has 37 heavy (non-hydrogen) atoms. The van der Waals surface area contributed by atoms with Crippen LogP contribution in [-0.4, -0.2) is 94.3 Å². The van der Waals surface area contributed by atoms with Gasteiger partial charge >= 0.3 is 0 Å². The third-order valence-corrected chi connectivity index (χ3v) is 6.77. The van der Waals surface area contributed by atoms with Crippen LogP contribution in [0.25, 0.3) is 22.2 Å². The number of aliphatic hydroxyl groups excluding tert-OH is 2. The average molecular weight is 553 g/mol. The van der Waals surface area contributed by atoms with Gasteiger partial charge in [-0.2, -0.15) is 0 Å². The second kappa shape index (κ2) is 13.3. The zero-order valence-corrected chi connectivity index (χ0v) is 22.1. The molecule has 2 aliphatic rings. The molecule has 0 saturated carbocycles. The third kappa shape index (κ3) is 6.45. The van der Waals surface area contributed by atoms with Crippen LogP contribution in [0.15, 0.2) is 36.5 Å². The number of hydrogen-bond donors (Lipinski definition) is 4. The van der Waals surface area contributed by atoms with Crippen LogP contribution in [0.2, 0.25) is 0 Å². The number of nitrogens with zero attached hydrogens (tertiary/aromatic N) is 4. The zero-order chi connectivity index (χ0) is 24.2. The van der Waals surface area contributed by atoms with Gasteiger partial charge in [-0.1, -0.05) is 30.3 Å². The van der Waals surface area contributed by atoms with Gasteiger partial charge in [0.05, 0.1) is 12.3 Å². The number of H-pyrrole nitrogens is 1. The summed E-state index contributed by atoms with van der Waals surface area (Å²) in [6.07, 6.45) is 3.59. The molecule has 0 spiro atoms. The van der Waals surface area contributed by atoms with E-state index >= 15 is 0 Å². The first kappa shape index (κ1) is 28.9. The topological polar surface area (TPSA) is 127 Å². The molecule has 5 rings (SSSR count). The van der Waals surface area contributed by atoms with Gasteiger partial charge in [-0.05, 0) is 24.9 Å². The van der Waals surface area contributed by atoms with E-state index < -0.39 is 12.7 Å². The van der Waals surface area contributed by atoms with Gasteiger partial charge in [0.25, 0.3) is 0 Å². The highest BCUT2D eigenvalue weighted by Gasteiger charge is 2.28. The van der Waals surface area contributed by atoms with E-state index in [1.807, 2.05) is 41.4 Å². The van der Waals surface area contributed by atoms with E-state index in [0.717, 1.165) is 41.6 Å². The number of carbonyl (C=O) groups excluding carboxylic acids is 1. The van der Waals surface area contributed by atoms with Crippen LogP contribution in [0.3, 0.4) is 0 Å². The highest BCUT2D eigenvalue weighted by molar-refractivity contribution is 6.01. The third-order valence-electron chi connectivity index (χ3n) is 6.77. The van der Waals surface area contributed by atoms with Gasteiger partial charge in [0.15, 0.2) is 5.65 Å². The molecule has 1 aromatic carbocycles. The molecule has 2 aromatic heterocycles. The van der Waals surface area contributed by atoms with Crippen LogP contribution in [-0.2, 0) is 4.79 Å². The van der Waals surface area contributed by atoms with Crippen molar-refractivity contribution in [2.45, 2.75) is 31.4 Å². The molecule has 1 amide bonds. The van der Waals surface area contributed by atoms with Gasteiger partial charge < -0.3 is 30.1 Å². The Bertz CT molecular complexity index is 1150. The molecular formula is C25H34Cl2N6O4. The second-order valence-electron chi connectivity index (χ2n) is 9.15. The summed E-state index contributed by atoms with van der Waals surface area (Å²) in [5.74, 6) is 0.538. The van der Waals surface area contributed by atoms with Crippen LogP contribution < -0.4 is 15.0 Å². The fraction of sp³-hybridized carbons (Fsp3) is 0.480. The Hall–Kier alpha value is -2.63. The zero-order valence-electron chi connectivity index (χ0n) is 20.5. The van der Waals surface area contributed by atoms with Gasteiger partial charge in [-0.25, -0.2) is 4.98 Å². The van der Waals surface area contributed by atoms with E-state index in [9.17, 15) is 15.0 Å². The molecule has 4 N–H and O–H groups in total. The maximum Gasteiger partial charge on any atom is 0.244 e. The van der Waals surface area contributed by atoms with E-state index in [-0.39, 0.29) is 37.3 Å². The fourth-order valence-corrected chi connectivity index (χ4v) is 4.89. The number of amides is 1. The lowest BCUT2D eigenvalue weighted by Gasteiger charge is -2.37. The van der Waals surface area contributed by atoms with Gasteiger partial charge in [0.2, 0.25) is 11.8 Å². The molecule has 3 aromatic rings. The first-order valence-corrected chi connectivity index (χ1v) is 12.2. The quantitative estimate of drug-likeness (QED) is 0.334. The van der Waals surface area contributed by atoms with Crippen molar-refractivity contribution >= 4 is 47.4 Å². The molecule has 4 heterocycles. The van der Waals surface area contributed by atoms with Crippen molar-refractivity contribution < 1.29 is 19.7 Å². The normalized spacial score (nSPS) is 18.3. The maximum absolute atomic E-state index is 12.9. The number of anilines is 1. The van der Waals surface area contributed by atoms with Crippen LogP contribution in [0.4, 0.5) is 5.69 Å². The Kier molecular flexibility index (Phi) is 10.4. The van der Waals surface area contributed by atoms with Crippen molar-refractivity contribution in [2.75, 3.05) is 50.8 Å². The number of hydrogen-bond acceptors (Lipinski definition) is 8. The van der Waals surface area contributed by atoms with E-state index in [2.05, 4.69) is 25.4 Å². The average Bonchev–Trinajstić information content (AvgIpc) is 3.57. The lowest BCUT2D eigenvalue weighted by Crippen LogP contribution is -2.50. The van der Waals surface area contributed by atoms with E-state index in [1.54, 1.807) is 0 Å². The van der Waals surface area contributed by atoms with Gasteiger partial charge in [-0.15, -0.1) is 29.9 Å². The smallest absolute Gasteiger partial charge is 0.244 e. The lowest BCUT2D eigenvalue weighted by molar-refractivity contribution is -0.131. The van der Waals surface area contributed by atoms with Gasteiger partial charge in [-0.3, -0.25) is 9.89 Å². The molecule has 0 radical (unpaired) electrons. The standard InChI is InChI=1S/C25H32N6O4.2ClH/c32-15-19(33)16-35-25-22-23(20(14-27-24(22)28-29-25)17-5-2-1-3-6-17)31-11-9-30(10-12-31)21(34)13-18-7-4-8-26-18;;/h1-3,5-6,14,18-19,26,32-33H,4,7-13,15-16H2,(H,27,28,29);2*1H/t18-,19+;;/m0../s1.